The zero-order valence-corrected chi connectivity index (χ0v) is 14.5. The highest BCUT2D eigenvalue weighted by atomic mass is 16.5. The molecule has 0 aliphatic carbocycles. The minimum atomic E-state index is -0.106. The number of rotatable bonds is 4. The van der Waals surface area contributed by atoms with Crippen LogP contribution < -0.4 is 20.1 Å². The van der Waals surface area contributed by atoms with Crippen LogP contribution in [0.4, 0.5) is 10.5 Å². The highest BCUT2D eigenvalue weighted by molar-refractivity contribution is 5.90. The average Bonchev–Trinajstić information content (AvgIpc) is 3.15. The van der Waals surface area contributed by atoms with Crippen molar-refractivity contribution >= 4 is 11.7 Å². The molecule has 1 aromatic heterocycles. The van der Waals surface area contributed by atoms with Gasteiger partial charge in [-0.2, -0.15) is 0 Å². The van der Waals surface area contributed by atoms with Gasteiger partial charge < -0.3 is 25.0 Å². The van der Waals surface area contributed by atoms with Crippen molar-refractivity contribution in [2.75, 3.05) is 38.2 Å². The summed E-state index contributed by atoms with van der Waals surface area (Å²) < 4.78 is 11.3. The Hall–Kier alpha value is -2.80. The fraction of sp³-hybridized carbons (Fsp3) is 0.368. The number of benzene rings is 1. The van der Waals surface area contributed by atoms with E-state index in [9.17, 15) is 4.79 Å². The van der Waals surface area contributed by atoms with E-state index in [-0.39, 0.29) is 12.1 Å². The van der Waals surface area contributed by atoms with Crippen molar-refractivity contribution in [3.63, 3.8) is 0 Å². The van der Waals surface area contributed by atoms with Crippen LogP contribution in [0.5, 0.6) is 11.5 Å². The van der Waals surface area contributed by atoms with Crippen LogP contribution in [0.1, 0.15) is 5.56 Å². The molecule has 2 aromatic rings. The molecule has 2 aliphatic heterocycles. The number of anilines is 1. The molecule has 4 rings (SSSR count). The first-order valence-corrected chi connectivity index (χ1v) is 8.86. The molecule has 0 spiro atoms. The highest BCUT2D eigenvalue weighted by Gasteiger charge is 2.27. The first kappa shape index (κ1) is 16.7. The summed E-state index contributed by atoms with van der Waals surface area (Å²) in [6.07, 6.45) is 4.26. The molecule has 1 atom stereocenters. The second-order valence-corrected chi connectivity index (χ2v) is 6.40. The number of fused-ring (bicyclic) bond motifs is 1. The van der Waals surface area contributed by atoms with Crippen LogP contribution in [-0.2, 0) is 6.42 Å². The van der Waals surface area contributed by atoms with Gasteiger partial charge in [0.2, 0.25) is 0 Å². The minimum Gasteiger partial charge on any atom is -0.493 e. The Morgan fingerprint density at radius 1 is 1.42 bits per heavy atom. The van der Waals surface area contributed by atoms with Crippen molar-refractivity contribution in [2.24, 2.45) is 0 Å². The fourth-order valence-electron chi connectivity index (χ4n) is 3.26. The Kier molecular flexibility index (Phi) is 4.88. The van der Waals surface area contributed by atoms with Crippen LogP contribution in [0, 0.1) is 0 Å². The first-order chi connectivity index (χ1) is 12.8. The standard InChI is InChI=1S/C19H22N4O3/c24-19(22-15-3-4-18-14(10-15)5-9-25-18)23-8-7-21-11-16(23)13-26-17-2-1-6-20-12-17/h1-4,6,10,12,16,21H,5,7-9,11,13H2,(H,22,24). The molecule has 0 saturated carbocycles. The lowest BCUT2D eigenvalue weighted by Crippen LogP contribution is -2.57. The first-order valence-electron chi connectivity index (χ1n) is 8.86. The van der Waals surface area contributed by atoms with Gasteiger partial charge >= 0.3 is 6.03 Å². The molecule has 2 N–H and O–H groups in total. The van der Waals surface area contributed by atoms with Crippen molar-refractivity contribution in [1.29, 1.82) is 0 Å². The Morgan fingerprint density at radius 3 is 3.27 bits per heavy atom. The third-order valence-electron chi connectivity index (χ3n) is 4.63. The zero-order valence-electron chi connectivity index (χ0n) is 14.5. The maximum atomic E-state index is 12.8. The van der Waals surface area contributed by atoms with Crippen LogP contribution in [0.2, 0.25) is 0 Å². The minimum absolute atomic E-state index is 0.0401. The maximum Gasteiger partial charge on any atom is 0.322 e. The van der Waals surface area contributed by atoms with Crippen molar-refractivity contribution in [1.82, 2.24) is 15.2 Å². The SMILES string of the molecule is O=C(Nc1ccc2c(c1)CCO2)N1CCNCC1COc1cccnc1. The molecule has 136 valence electrons. The van der Waals surface area contributed by atoms with E-state index in [4.69, 9.17) is 9.47 Å². The monoisotopic (exact) mass is 354 g/mol. The quantitative estimate of drug-likeness (QED) is 0.877. The third kappa shape index (κ3) is 3.72. The summed E-state index contributed by atoms with van der Waals surface area (Å²) in [4.78, 5) is 18.7. The molecule has 2 aliphatic rings. The smallest absolute Gasteiger partial charge is 0.322 e. The van der Waals surface area contributed by atoms with Gasteiger partial charge in [-0.1, -0.05) is 0 Å². The van der Waals surface area contributed by atoms with E-state index >= 15 is 0 Å². The number of amides is 2. The molecule has 1 fully saturated rings. The molecule has 3 heterocycles. The summed E-state index contributed by atoms with van der Waals surface area (Å²) in [5.41, 5.74) is 1.93. The van der Waals surface area contributed by atoms with Crippen LogP contribution in [-0.4, -0.2) is 54.8 Å². The predicted octanol–water partition coefficient (Wildman–Crippen LogP) is 1.90. The number of piperazine rings is 1. The lowest BCUT2D eigenvalue weighted by atomic mass is 10.1. The molecular weight excluding hydrogens is 332 g/mol. The van der Waals surface area contributed by atoms with E-state index in [0.717, 1.165) is 30.0 Å². The number of ether oxygens (including phenoxy) is 2. The topological polar surface area (TPSA) is 75.7 Å². The molecule has 7 heteroatoms. The average molecular weight is 354 g/mol. The van der Waals surface area contributed by atoms with E-state index < -0.39 is 0 Å². The van der Waals surface area contributed by atoms with Crippen LogP contribution in [0.3, 0.4) is 0 Å². The number of nitrogens with zero attached hydrogens (tertiary/aromatic N) is 2. The van der Waals surface area contributed by atoms with Crippen molar-refractivity contribution in [3.05, 3.63) is 48.3 Å². The Balaban J connectivity index is 1.39. The lowest BCUT2D eigenvalue weighted by molar-refractivity contribution is 0.133. The summed E-state index contributed by atoms with van der Waals surface area (Å²) in [5.74, 6) is 1.62. The fourth-order valence-corrected chi connectivity index (χ4v) is 3.26. The Labute approximate surface area is 152 Å². The van der Waals surface area contributed by atoms with Crippen LogP contribution in [0.25, 0.3) is 0 Å². The third-order valence-corrected chi connectivity index (χ3v) is 4.63. The molecule has 26 heavy (non-hydrogen) atoms. The van der Waals surface area contributed by atoms with Crippen molar-refractivity contribution in [2.45, 2.75) is 12.5 Å². The summed E-state index contributed by atoms with van der Waals surface area (Å²) in [7, 11) is 0. The van der Waals surface area contributed by atoms with Gasteiger partial charge in [-0.15, -0.1) is 0 Å². The van der Waals surface area contributed by atoms with Crippen LogP contribution in [0.15, 0.2) is 42.7 Å². The van der Waals surface area contributed by atoms with Gasteiger partial charge in [-0.3, -0.25) is 4.98 Å². The van der Waals surface area contributed by atoms with E-state index in [0.29, 0.717) is 32.1 Å². The number of hydrogen-bond acceptors (Lipinski definition) is 5. The Bertz CT molecular complexity index is 769. The number of aromatic nitrogens is 1. The van der Waals surface area contributed by atoms with Gasteiger partial charge in [0.05, 0.1) is 18.8 Å². The second-order valence-electron chi connectivity index (χ2n) is 6.40. The molecular formula is C19H22N4O3. The van der Waals surface area contributed by atoms with E-state index in [1.54, 1.807) is 12.4 Å². The Morgan fingerprint density at radius 2 is 2.38 bits per heavy atom. The van der Waals surface area contributed by atoms with Crippen LogP contribution >= 0.6 is 0 Å². The largest absolute Gasteiger partial charge is 0.493 e. The van der Waals surface area contributed by atoms with Gasteiger partial charge in [0.1, 0.15) is 18.1 Å². The van der Waals surface area contributed by atoms with Gasteiger partial charge in [0, 0.05) is 37.9 Å². The summed E-state index contributed by atoms with van der Waals surface area (Å²) in [6, 6.07) is 9.33. The highest BCUT2D eigenvalue weighted by Crippen LogP contribution is 2.28. The number of carbonyl (C=O) groups excluding carboxylic acids is 1. The van der Waals surface area contributed by atoms with Gasteiger partial charge in [-0.05, 0) is 35.9 Å². The number of nitrogens with one attached hydrogen (secondary N) is 2. The van der Waals surface area contributed by atoms with E-state index in [1.807, 2.05) is 35.2 Å². The normalized spacial score (nSPS) is 18.8. The van der Waals surface area contributed by atoms with Gasteiger partial charge in [0.25, 0.3) is 0 Å². The molecule has 2 amide bonds. The van der Waals surface area contributed by atoms with Crippen molar-refractivity contribution < 1.29 is 14.3 Å². The number of carbonyl (C=O) groups is 1. The molecule has 0 bridgehead atoms. The van der Waals surface area contributed by atoms with E-state index in [1.165, 1.54) is 0 Å². The maximum absolute atomic E-state index is 12.8. The molecule has 1 aromatic carbocycles. The molecule has 7 nitrogen and oxygen atoms in total. The molecule has 1 saturated heterocycles. The number of hydrogen-bond donors (Lipinski definition) is 2. The lowest BCUT2D eigenvalue weighted by Gasteiger charge is -2.35. The van der Waals surface area contributed by atoms with Crippen molar-refractivity contribution in [3.8, 4) is 11.5 Å². The summed E-state index contributed by atoms with van der Waals surface area (Å²) in [5, 5.41) is 6.33. The number of urea groups is 1. The molecule has 1 unspecified atom stereocenters. The van der Waals surface area contributed by atoms with Gasteiger partial charge in [-0.25, -0.2) is 4.79 Å². The number of pyridine rings is 1. The summed E-state index contributed by atoms with van der Waals surface area (Å²) in [6.45, 7) is 3.24. The van der Waals surface area contributed by atoms with Gasteiger partial charge in [0.15, 0.2) is 0 Å². The molecule has 0 radical (unpaired) electrons. The summed E-state index contributed by atoms with van der Waals surface area (Å²) >= 11 is 0. The zero-order chi connectivity index (χ0) is 17.8. The predicted molar refractivity (Wildman–Crippen MR) is 97.8 cm³/mol. The van der Waals surface area contributed by atoms with E-state index in [2.05, 4.69) is 15.6 Å². The second kappa shape index (κ2) is 7.61.